The number of aliphatic hydroxyl groups is 2. The number of hydrogen-bond donors (Lipinski definition) is 2. The number of aromatic nitrogens is 2. The fourth-order valence-electron chi connectivity index (χ4n) is 5.97. The number of nitrogens with zero attached hydrogens (tertiary/aromatic N) is 2. The molecule has 1 aliphatic rings. The van der Waals surface area contributed by atoms with E-state index in [4.69, 9.17) is 20.3 Å². The van der Waals surface area contributed by atoms with E-state index in [2.05, 4.69) is 4.98 Å². The number of hydrogen-bond acceptors (Lipinski definition) is 7. The molecule has 1 fully saturated rings. The number of imidazole rings is 1. The Labute approximate surface area is 252 Å². The van der Waals surface area contributed by atoms with Crippen LogP contribution >= 0.6 is 0 Å². The van der Waals surface area contributed by atoms with E-state index < -0.39 is 36.5 Å². The zero-order valence-electron chi connectivity index (χ0n) is 25.2. The van der Waals surface area contributed by atoms with Crippen LogP contribution in [0.5, 0.6) is 11.5 Å². The summed E-state index contributed by atoms with van der Waals surface area (Å²) in [6.07, 6.45) is -1.04. The summed E-state index contributed by atoms with van der Waals surface area (Å²) in [4.78, 5) is 4.49. The largest absolute Gasteiger partial charge is 0.497 e. The molecule has 2 heterocycles. The first-order valence-electron chi connectivity index (χ1n) is 14.8. The van der Waals surface area contributed by atoms with Crippen LogP contribution in [0.15, 0.2) is 109 Å². The van der Waals surface area contributed by atoms with Gasteiger partial charge in [-0.1, -0.05) is 66.7 Å². The van der Waals surface area contributed by atoms with Crippen LogP contribution in [0.3, 0.4) is 0 Å². The second kappa shape index (κ2) is 12.2. The smallest absolute Gasteiger partial charge is 0.143 e. The summed E-state index contributed by atoms with van der Waals surface area (Å²) in [5.74, 6) is 1.39. The molecule has 0 saturated carbocycles. The molecule has 1 saturated heterocycles. The second-order valence-electron chi connectivity index (χ2n) is 10.6. The maximum atomic E-state index is 11.6. The Kier molecular flexibility index (Phi) is 7.82. The van der Waals surface area contributed by atoms with Crippen molar-refractivity contribution in [3.8, 4) is 11.5 Å². The highest BCUT2D eigenvalue weighted by atomic mass is 16.6. The topological polar surface area (TPSA) is 95.2 Å². The zero-order valence-corrected chi connectivity index (χ0v) is 24.2. The molecule has 4 aromatic carbocycles. The molecule has 5 aromatic rings. The highest BCUT2D eigenvalue weighted by molar-refractivity contribution is 5.75. The van der Waals surface area contributed by atoms with Gasteiger partial charge in [-0.05, 0) is 53.1 Å². The van der Waals surface area contributed by atoms with E-state index in [9.17, 15) is 10.2 Å². The van der Waals surface area contributed by atoms with Gasteiger partial charge in [-0.3, -0.25) is 0 Å². The number of benzene rings is 4. The maximum Gasteiger partial charge on any atom is 0.143 e. The zero-order chi connectivity index (χ0) is 30.7. The maximum absolute atomic E-state index is 11.6. The summed E-state index contributed by atoms with van der Waals surface area (Å²) in [5.41, 5.74) is 1.35. The van der Waals surface area contributed by atoms with Crippen LogP contribution in [0.25, 0.3) is 11.0 Å². The first kappa shape index (κ1) is 27.6. The van der Waals surface area contributed by atoms with Gasteiger partial charge in [0.25, 0.3) is 0 Å². The van der Waals surface area contributed by atoms with Crippen LogP contribution < -0.4 is 9.47 Å². The molecule has 222 valence electrons. The van der Waals surface area contributed by atoms with Crippen molar-refractivity contribution in [1.29, 1.82) is 0 Å². The van der Waals surface area contributed by atoms with Gasteiger partial charge < -0.3 is 33.7 Å². The Morgan fingerprint density at radius 2 is 1.47 bits per heavy atom. The number of ether oxygens (including phenoxy) is 4. The van der Waals surface area contributed by atoms with Crippen molar-refractivity contribution in [1.82, 2.24) is 9.55 Å². The molecule has 1 aliphatic heterocycles. The van der Waals surface area contributed by atoms with E-state index in [0.29, 0.717) is 11.5 Å². The molecule has 2 N–H and O–H groups in total. The van der Waals surface area contributed by atoms with Gasteiger partial charge in [-0.2, -0.15) is 0 Å². The summed E-state index contributed by atoms with van der Waals surface area (Å²) in [6, 6.07) is 32.7. The highest BCUT2D eigenvalue weighted by Gasteiger charge is 2.51. The SMILES string of the molecule is [2H][C@@H](CO)C1(COC(c2ccccc2)(c2ccc(OC)cc2)c2ccc(OC)cc2)O[C@@H](n2cnc3ccccc32)C[C@@H]1O. The molecular weight excluding hydrogens is 544 g/mol. The lowest BCUT2D eigenvalue weighted by molar-refractivity contribution is -0.166. The molecule has 8 heteroatoms. The fraction of sp³-hybridized carbons (Fsp3) is 0.286. The van der Waals surface area contributed by atoms with Crippen molar-refractivity contribution in [3.05, 3.63) is 126 Å². The minimum Gasteiger partial charge on any atom is -0.497 e. The number of para-hydroxylation sites is 2. The summed E-state index contributed by atoms with van der Waals surface area (Å²) in [6.45, 7) is -0.722. The molecule has 1 unspecified atom stereocenters. The molecule has 6 rings (SSSR count). The van der Waals surface area contributed by atoms with Crippen molar-refractivity contribution in [2.75, 3.05) is 27.4 Å². The van der Waals surface area contributed by atoms with Crippen molar-refractivity contribution in [2.24, 2.45) is 0 Å². The second-order valence-corrected chi connectivity index (χ2v) is 10.6. The Balaban J connectivity index is 1.46. The molecular formula is C35H36N2O6. The van der Waals surface area contributed by atoms with E-state index in [1.54, 1.807) is 20.5 Å². The van der Waals surface area contributed by atoms with Gasteiger partial charge in [0.05, 0.1) is 44.3 Å². The predicted molar refractivity (Wildman–Crippen MR) is 163 cm³/mol. The Morgan fingerprint density at radius 1 is 0.884 bits per heavy atom. The molecule has 8 nitrogen and oxygen atoms in total. The van der Waals surface area contributed by atoms with Gasteiger partial charge in [-0.25, -0.2) is 4.98 Å². The first-order chi connectivity index (χ1) is 21.4. The normalized spacial score (nSPS) is 21.4. The van der Waals surface area contributed by atoms with E-state index in [1.807, 2.05) is 108 Å². The minimum absolute atomic E-state index is 0.195. The van der Waals surface area contributed by atoms with Gasteiger partial charge in [0.15, 0.2) is 0 Å². The minimum atomic E-state index is -1.55. The predicted octanol–water partition coefficient (Wildman–Crippen LogP) is 5.46. The average molecular weight is 582 g/mol. The van der Waals surface area contributed by atoms with Crippen molar-refractivity contribution in [2.45, 2.75) is 36.4 Å². The highest BCUT2D eigenvalue weighted by Crippen LogP contribution is 2.46. The molecule has 0 radical (unpaired) electrons. The van der Waals surface area contributed by atoms with Crippen LogP contribution in [0.4, 0.5) is 0 Å². The van der Waals surface area contributed by atoms with Gasteiger partial charge in [-0.15, -0.1) is 0 Å². The number of fused-ring (bicyclic) bond motifs is 1. The Bertz CT molecular complexity index is 1630. The number of aliphatic hydroxyl groups excluding tert-OH is 2. The number of methoxy groups -OCH3 is 2. The van der Waals surface area contributed by atoms with Crippen LogP contribution in [0, 0.1) is 0 Å². The third-order valence-corrected chi connectivity index (χ3v) is 8.26. The first-order valence-corrected chi connectivity index (χ1v) is 14.2. The van der Waals surface area contributed by atoms with Gasteiger partial charge in [0, 0.05) is 20.8 Å². The molecule has 0 bridgehead atoms. The van der Waals surface area contributed by atoms with Crippen molar-refractivity contribution >= 4 is 11.0 Å². The van der Waals surface area contributed by atoms with E-state index >= 15 is 0 Å². The third kappa shape index (κ3) is 5.28. The van der Waals surface area contributed by atoms with E-state index in [-0.39, 0.29) is 13.0 Å². The molecule has 0 amide bonds. The summed E-state index contributed by atoms with van der Waals surface area (Å²) >= 11 is 0. The van der Waals surface area contributed by atoms with E-state index in [1.165, 1.54) is 0 Å². The van der Waals surface area contributed by atoms with Gasteiger partial charge >= 0.3 is 0 Å². The van der Waals surface area contributed by atoms with Crippen LogP contribution in [0.1, 0.15) is 37.1 Å². The Morgan fingerprint density at radius 3 is 2.07 bits per heavy atom. The molecule has 4 atom stereocenters. The monoisotopic (exact) mass is 581 g/mol. The lowest BCUT2D eigenvalue weighted by Crippen LogP contribution is -2.48. The Hall–Kier alpha value is -4.21. The molecule has 0 aliphatic carbocycles. The van der Waals surface area contributed by atoms with Crippen LogP contribution in [0.2, 0.25) is 0 Å². The number of rotatable bonds is 11. The fourth-order valence-corrected chi connectivity index (χ4v) is 5.97. The lowest BCUT2D eigenvalue weighted by atomic mass is 9.79. The summed E-state index contributed by atoms with van der Waals surface area (Å²) in [5, 5.41) is 21.9. The van der Waals surface area contributed by atoms with Gasteiger partial charge in [0.2, 0.25) is 0 Å². The molecule has 0 spiro atoms. The standard InChI is InChI=1S/C35H36N2O6/c1-40-28-16-12-26(13-17-28)35(25-8-4-3-5-9-25,27-14-18-29(41-2)19-15-27)42-23-34(20-21-38)32(39)22-33(43-34)37-24-36-30-10-6-7-11-31(30)37/h3-19,24,32-33,38-39H,20-23H2,1-2H3/t32-,33+,34?/m0/s1/i20D/t20-,32-,33+,34?. The average Bonchev–Trinajstić information content (AvgIpc) is 3.67. The molecule has 43 heavy (non-hydrogen) atoms. The summed E-state index contributed by atoms with van der Waals surface area (Å²) < 4.78 is 35.3. The quantitative estimate of drug-likeness (QED) is 0.200. The third-order valence-electron chi connectivity index (χ3n) is 8.26. The van der Waals surface area contributed by atoms with E-state index in [0.717, 1.165) is 27.7 Å². The van der Waals surface area contributed by atoms with Crippen molar-refractivity contribution < 1.29 is 30.5 Å². The van der Waals surface area contributed by atoms with Crippen LogP contribution in [-0.4, -0.2) is 58.9 Å². The van der Waals surface area contributed by atoms with Crippen molar-refractivity contribution in [3.63, 3.8) is 0 Å². The molecule has 1 aromatic heterocycles. The summed E-state index contributed by atoms with van der Waals surface area (Å²) in [7, 11) is 3.23. The van der Waals surface area contributed by atoms with Crippen LogP contribution in [-0.2, 0) is 15.1 Å². The van der Waals surface area contributed by atoms with Gasteiger partial charge in [0.1, 0.15) is 28.9 Å². The lowest BCUT2D eigenvalue weighted by Gasteiger charge is -2.40.